The summed E-state index contributed by atoms with van der Waals surface area (Å²) in [5, 5.41) is 0. The molecule has 0 aromatic rings. The molecule has 4 nitrogen and oxygen atoms in total. The molecule has 3 aliphatic rings. The number of nitrogens with two attached hydrogens (primary N) is 1. The molecule has 2 unspecified atom stereocenters. The number of ether oxygens (including phenoxy) is 2. The Balaban J connectivity index is 1.47. The van der Waals surface area contributed by atoms with Crippen molar-refractivity contribution in [2.45, 2.75) is 76.0 Å². The van der Waals surface area contributed by atoms with Gasteiger partial charge in [-0.15, -0.1) is 0 Å². The molecule has 2 saturated carbocycles. The van der Waals surface area contributed by atoms with Crippen LogP contribution in [0.2, 0.25) is 0 Å². The third-order valence-corrected chi connectivity index (χ3v) is 5.76. The van der Waals surface area contributed by atoms with Gasteiger partial charge in [-0.2, -0.15) is 0 Å². The number of rotatable bonds is 6. The van der Waals surface area contributed by atoms with Gasteiger partial charge in [0.25, 0.3) is 0 Å². The van der Waals surface area contributed by atoms with Gasteiger partial charge in [-0.25, -0.2) is 0 Å². The molecule has 4 heteroatoms. The van der Waals surface area contributed by atoms with Crippen LogP contribution in [0.3, 0.4) is 0 Å². The molecule has 2 atom stereocenters. The van der Waals surface area contributed by atoms with Crippen LogP contribution in [0, 0.1) is 11.8 Å². The van der Waals surface area contributed by atoms with E-state index in [0.29, 0.717) is 18.1 Å². The van der Waals surface area contributed by atoms with Gasteiger partial charge in [0.1, 0.15) is 0 Å². The molecule has 20 heavy (non-hydrogen) atoms. The number of hydrogen-bond donors (Lipinski definition) is 2. The van der Waals surface area contributed by atoms with Gasteiger partial charge in [-0.05, 0) is 70.1 Å². The SMILES string of the molecule is CCOC1CC(CC(NN)C2CCOC3(CCC3)C2)C1. The molecule has 1 saturated heterocycles. The van der Waals surface area contributed by atoms with E-state index < -0.39 is 0 Å². The van der Waals surface area contributed by atoms with Gasteiger partial charge >= 0.3 is 0 Å². The van der Waals surface area contributed by atoms with Crippen LogP contribution in [0.4, 0.5) is 0 Å². The first-order valence-corrected chi connectivity index (χ1v) is 8.46. The van der Waals surface area contributed by atoms with Crippen LogP contribution >= 0.6 is 0 Å². The van der Waals surface area contributed by atoms with Gasteiger partial charge in [0.15, 0.2) is 0 Å². The number of nitrogens with one attached hydrogen (secondary N) is 1. The van der Waals surface area contributed by atoms with E-state index in [9.17, 15) is 0 Å². The first kappa shape index (κ1) is 14.8. The third kappa shape index (κ3) is 3.03. The first-order valence-electron chi connectivity index (χ1n) is 8.46. The highest BCUT2D eigenvalue weighted by atomic mass is 16.5. The predicted octanol–water partition coefficient (Wildman–Crippen LogP) is 2.37. The summed E-state index contributed by atoms with van der Waals surface area (Å²) in [4.78, 5) is 0. The molecule has 3 N–H and O–H groups in total. The standard InChI is InChI=1S/C16H30N2O2/c1-2-19-14-8-12(9-14)10-15(18-17)13-4-7-20-16(11-13)5-3-6-16/h12-15,18H,2-11,17H2,1H3. The first-order chi connectivity index (χ1) is 9.74. The largest absolute Gasteiger partial charge is 0.378 e. The quantitative estimate of drug-likeness (QED) is 0.580. The van der Waals surface area contributed by atoms with Gasteiger partial charge in [-0.3, -0.25) is 11.3 Å². The topological polar surface area (TPSA) is 56.5 Å². The van der Waals surface area contributed by atoms with Crippen molar-refractivity contribution in [2.24, 2.45) is 17.7 Å². The minimum Gasteiger partial charge on any atom is -0.378 e. The van der Waals surface area contributed by atoms with Crippen molar-refractivity contribution in [1.82, 2.24) is 5.43 Å². The van der Waals surface area contributed by atoms with E-state index in [1.807, 2.05) is 0 Å². The predicted molar refractivity (Wildman–Crippen MR) is 79.1 cm³/mol. The van der Waals surface area contributed by atoms with E-state index in [1.165, 1.54) is 44.9 Å². The second-order valence-corrected chi connectivity index (χ2v) is 7.06. The van der Waals surface area contributed by atoms with Gasteiger partial charge in [0.2, 0.25) is 0 Å². The summed E-state index contributed by atoms with van der Waals surface area (Å²) in [5.74, 6) is 7.34. The van der Waals surface area contributed by atoms with E-state index >= 15 is 0 Å². The summed E-state index contributed by atoms with van der Waals surface area (Å²) in [7, 11) is 0. The van der Waals surface area contributed by atoms with Crippen molar-refractivity contribution in [1.29, 1.82) is 0 Å². The summed E-state index contributed by atoms with van der Waals surface area (Å²) in [6, 6.07) is 0.462. The molecule has 1 aliphatic heterocycles. The maximum Gasteiger partial charge on any atom is 0.0685 e. The minimum absolute atomic E-state index is 0.228. The number of hydrazine groups is 1. The van der Waals surface area contributed by atoms with Crippen molar-refractivity contribution in [3.63, 3.8) is 0 Å². The molecule has 2 aliphatic carbocycles. The van der Waals surface area contributed by atoms with Crippen LogP contribution in [0.25, 0.3) is 0 Å². The molecule has 3 fully saturated rings. The summed E-state index contributed by atoms with van der Waals surface area (Å²) >= 11 is 0. The van der Waals surface area contributed by atoms with Gasteiger partial charge < -0.3 is 9.47 Å². The van der Waals surface area contributed by atoms with Crippen molar-refractivity contribution in [3.8, 4) is 0 Å². The average Bonchev–Trinajstić information content (AvgIpc) is 2.39. The Bertz CT molecular complexity index is 314. The van der Waals surface area contributed by atoms with Crippen molar-refractivity contribution in [3.05, 3.63) is 0 Å². The summed E-state index contributed by atoms with van der Waals surface area (Å²) in [6.07, 6.45) is 10.4. The van der Waals surface area contributed by atoms with Crippen LogP contribution in [0.5, 0.6) is 0 Å². The average molecular weight is 282 g/mol. The number of hydrogen-bond acceptors (Lipinski definition) is 4. The van der Waals surface area contributed by atoms with Crippen molar-refractivity contribution < 1.29 is 9.47 Å². The fraction of sp³-hybridized carbons (Fsp3) is 1.00. The third-order valence-electron chi connectivity index (χ3n) is 5.76. The lowest BCUT2D eigenvalue weighted by molar-refractivity contribution is -0.148. The summed E-state index contributed by atoms with van der Waals surface area (Å²) in [5.41, 5.74) is 3.33. The van der Waals surface area contributed by atoms with E-state index in [-0.39, 0.29) is 5.60 Å². The van der Waals surface area contributed by atoms with Crippen LogP contribution in [-0.4, -0.2) is 31.0 Å². The van der Waals surface area contributed by atoms with Crippen LogP contribution in [0.15, 0.2) is 0 Å². The normalized spacial score (nSPS) is 37.2. The Kier molecular flexibility index (Phi) is 4.65. The highest BCUT2D eigenvalue weighted by Crippen LogP contribution is 2.46. The van der Waals surface area contributed by atoms with Gasteiger partial charge in [0.05, 0.1) is 11.7 Å². The summed E-state index contributed by atoms with van der Waals surface area (Å²) in [6.45, 7) is 3.85. The molecular formula is C16H30N2O2. The maximum atomic E-state index is 6.03. The van der Waals surface area contributed by atoms with E-state index in [0.717, 1.165) is 25.6 Å². The minimum atomic E-state index is 0.228. The Morgan fingerprint density at radius 1 is 1.40 bits per heavy atom. The smallest absolute Gasteiger partial charge is 0.0685 e. The molecular weight excluding hydrogens is 252 g/mol. The molecule has 1 spiro atoms. The Morgan fingerprint density at radius 2 is 2.20 bits per heavy atom. The van der Waals surface area contributed by atoms with Crippen LogP contribution < -0.4 is 11.3 Å². The second-order valence-electron chi connectivity index (χ2n) is 7.06. The highest BCUT2D eigenvalue weighted by molar-refractivity contribution is 4.97. The zero-order valence-electron chi connectivity index (χ0n) is 12.8. The van der Waals surface area contributed by atoms with E-state index in [4.69, 9.17) is 15.3 Å². The lowest BCUT2D eigenvalue weighted by Crippen LogP contribution is -2.52. The fourth-order valence-corrected chi connectivity index (χ4v) is 4.32. The Hall–Kier alpha value is -0.160. The molecule has 1 heterocycles. The van der Waals surface area contributed by atoms with E-state index in [2.05, 4.69) is 12.3 Å². The van der Waals surface area contributed by atoms with Crippen molar-refractivity contribution in [2.75, 3.05) is 13.2 Å². The lowest BCUT2D eigenvalue weighted by atomic mass is 9.68. The fourth-order valence-electron chi connectivity index (χ4n) is 4.32. The Morgan fingerprint density at radius 3 is 2.80 bits per heavy atom. The lowest BCUT2D eigenvalue weighted by Gasteiger charge is -2.49. The van der Waals surface area contributed by atoms with Crippen molar-refractivity contribution >= 4 is 0 Å². The zero-order chi connectivity index (χ0) is 14.0. The van der Waals surface area contributed by atoms with Gasteiger partial charge in [-0.1, -0.05) is 0 Å². The molecule has 0 aromatic heterocycles. The van der Waals surface area contributed by atoms with Crippen LogP contribution in [-0.2, 0) is 9.47 Å². The zero-order valence-corrected chi connectivity index (χ0v) is 12.8. The second kappa shape index (κ2) is 6.30. The van der Waals surface area contributed by atoms with Crippen LogP contribution in [0.1, 0.15) is 58.3 Å². The molecule has 0 aromatic carbocycles. The summed E-state index contributed by atoms with van der Waals surface area (Å²) < 4.78 is 11.7. The molecule has 0 bridgehead atoms. The maximum absolute atomic E-state index is 6.03. The molecule has 0 amide bonds. The molecule has 116 valence electrons. The monoisotopic (exact) mass is 282 g/mol. The van der Waals surface area contributed by atoms with Gasteiger partial charge in [0, 0.05) is 19.3 Å². The Labute approximate surface area is 122 Å². The molecule has 3 rings (SSSR count). The molecule has 0 radical (unpaired) electrons. The van der Waals surface area contributed by atoms with E-state index in [1.54, 1.807) is 0 Å². The highest BCUT2D eigenvalue weighted by Gasteiger charge is 2.45.